The predicted molar refractivity (Wildman–Crippen MR) is 76.2 cm³/mol. The largest absolute Gasteiger partial charge is 0.396 e. The van der Waals surface area contributed by atoms with Crippen LogP contribution in [0.25, 0.3) is 11.0 Å². The van der Waals surface area contributed by atoms with Crippen LogP contribution in [-0.2, 0) is 11.2 Å². The van der Waals surface area contributed by atoms with Gasteiger partial charge in [0.1, 0.15) is 5.69 Å². The highest BCUT2D eigenvalue weighted by atomic mass is 16.5. The Morgan fingerprint density at radius 2 is 2.15 bits per heavy atom. The molecule has 0 bridgehead atoms. The van der Waals surface area contributed by atoms with Gasteiger partial charge in [-0.2, -0.15) is 0 Å². The van der Waals surface area contributed by atoms with Crippen molar-refractivity contribution in [1.29, 1.82) is 0 Å². The average molecular weight is 276 g/mol. The van der Waals surface area contributed by atoms with Crippen molar-refractivity contribution in [2.75, 3.05) is 13.2 Å². The van der Waals surface area contributed by atoms with Crippen LogP contribution in [0.1, 0.15) is 26.0 Å². The van der Waals surface area contributed by atoms with Crippen molar-refractivity contribution in [3.8, 4) is 0 Å². The molecule has 0 radical (unpaired) electrons. The highest BCUT2D eigenvalue weighted by molar-refractivity contribution is 5.86. The Kier molecular flexibility index (Phi) is 4.39. The fraction of sp³-hybridized carbons (Fsp3) is 0.467. The Hall–Kier alpha value is -1.88. The lowest BCUT2D eigenvalue weighted by atomic mass is 9.90. The van der Waals surface area contributed by atoms with Crippen LogP contribution < -0.4 is 5.32 Å². The maximum Gasteiger partial charge on any atom is 0.226 e. The summed E-state index contributed by atoms with van der Waals surface area (Å²) in [6.45, 7) is 4.67. The maximum absolute atomic E-state index is 11.9. The molecule has 1 heterocycles. The summed E-state index contributed by atoms with van der Waals surface area (Å²) in [5.41, 5.74) is 1.23. The standard InChI is InChI=1S/C15H20N2O3/c1-15(2,7-8-18)10-16-14(19)9-12-11-5-3-4-6-13(11)20-17-12/h3-6,18H,7-10H2,1-2H3,(H,16,19). The maximum atomic E-state index is 11.9. The van der Waals surface area contributed by atoms with Gasteiger partial charge in [0.2, 0.25) is 5.91 Å². The second kappa shape index (κ2) is 6.05. The van der Waals surface area contributed by atoms with E-state index in [1.165, 1.54) is 0 Å². The molecule has 0 aliphatic heterocycles. The molecule has 0 atom stereocenters. The minimum Gasteiger partial charge on any atom is -0.396 e. The summed E-state index contributed by atoms with van der Waals surface area (Å²) in [5, 5.41) is 16.6. The number of para-hydroxylation sites is 1. The molecule has 108 valence electrons. The van der Waals surface area contributed by atoms with Gasteiger partial charge in [0, 0.05) is 18.5 Å². The summed E-state index contributed by atoms with van der Waals surface area (Å²) < 4.78 is 5.17. The van der Waals surface area contributed by atoms with Gasteiger partial charge in [0.15, 0.2) is 5.58 Å². The quantitative estimate of drug-likeness (QED) is 0.845. The Balaban J connectivity index is 1.95. The van der Waals surface area contributed by atoms with Crippen molar-refractivity contribution in [3.63, 3.8) is 0 Å². The molecule has 5 heteroatoms. The van der Waals surface area contributed by atoms with E-state index in [0.29, 0.717) is 24.2 Å². The van der Waals surface area contributed by atoms with E-state index in [1.807, 2.05) is 38.1 Å². The molecule has 2 aromatic rings. The normalized spacial score (nSPS) is 11.8. The van der Waals surface area contributed by atoms with Crippen LogP contribution in [0, 0.1) is 5.41 Å². The molecule has 0 aliphatic carbocycles. The molecule has 0 aliphatic rings. The van der Waals surface area contributed by atoms with Crippen molar-refractivity contribution in [2.45, 2.75) is 26.7 Å². The Bertz CT molecular complexity index is 590. The fourth-order valence-corrected chi connectivity index (χ4v) is 2.01. The van der Waals surface area contributed by atoms with Gasteiger partial charge >= 0.3 is 0 Å². The average Bonchev–Trinajstić information content (AvgIpc) is 2.80. The minimum absolute atomic E-state index is 0.0879. The molecule has 2 rings (SSSR count). The molecule has 0 fully saturated rings. The van der Waals surface area contributed by atoms with Crippen LogP contribution in [0.2, 0.25) is 0 Å². The molecule has 0 saturated heterocycles. The summed E-state index contributed by atoms with van der Waals surface area (Å²) in [5.74, 6) is -0.0879. The van der Waals surface area contributed by atoms with Gasteiger partial charge in [-0.25, -0.2) is 0 Å². The van der Waals surface area contributed by atoms with E-state index in [2.05, 4.69) is 10.5 Å². The molecule has 0 spiro atoms. The third-order valence-corrected chi connectivity index (χ3v) is 3.33. The Morgan fingerprint density at radius 1 is 1.40 bits per heavy atom. The lowest BCUT2D eigenvalue weighted by molar-refractivity contribution is -0.121. The molecule has 1 aromatic carbocycles. The van der Waals surface area contributed by atoms with Crippen LogP contribution >= 0.6 is 0 Å². The van der Waals surface area contributed by atoms with E-state index in [1.54, 1.807) is 0 Å². The zero-order chi connectivity index (χ0) is 14.6. The topological polar surface area (TPSA) is 75.4 Å². The van der Waals surface area contributed by atoms with Gasteiger partial charge in [-0.05, 0) is 24.0 Å². The number of hydrogen-bond acceptors (Lipinski definition) is 4. The summed E-state index contributed by atoms with van der Waals surface area (Å²) in [6, 6.07) is 7.48. The predicted octanol–water partition coefficient (Wildman–Crippen LogP) is 1.90. The first kappa shape index (κ1) is 14.5. The molecule has 0 saturated carbocycles. The summed E-state index contributed by atoms with van der Waals surface area (Å²) in [4.78, 5) is 11.9. The SMILES string of the molecule is CC(C)(CCO)CNC(=O)Cc1noc2ccccc12. The Labute approximate surface area is 118 Å². The van der Waals surface area contributed by atoms with Crippen LogP contribution in [0.5, 0.6) is 0 Å². The number of aliphatic hydroxyl groups is 1. The monoisotopic (exact) mass is 276 g/mol. The first-order valence-electron chi connectivity index (χ1n) is 6.73. The number of aliphatic hydroxyl groups excluding tert-OH is 1. The van der Waals surface area contributed by atoms with Gasteiger partial charge in [-0.1, -0.05) is 31.1 Å². The van der Waals surface area contributed by atoms with Crippen LogP contribution in [0.3, 0.4) is 0 Å². The molecule has 5 nitrogen and oxygen atoms in total. The number of nitrogens with zero attached hydrogens (tertiary/aromatic N) is 1. The highest BCUT2D eigenvalue weighted by Gasteiger charge is 2.19. The molecule has 0 unspecified atom stereocenters. The van der Waals surface area contributed by atoms with E-state index < -0.39 is 0 Å². The van der Waals surface area contributed by atoms with E-state index in [-0.39, 0.29) is 24.3 Å². The van der Waals surface area contributed by atoms with Gasteiger partial charge in [-0.3, -0.25) is 4.79 Å². The van der Waals surface area contributed by atoms with Crippen LogP contribution in [0.4, 0.5) is 0 Å². The van der Waals surface area contributed by atoms with Gasteiger partial charge in [-0.15, -0.1) is 0 Å². The van der Waals surface area contributed by atoms with E-state index in [9.17, 15) is 4.79 Å². The van der Waals surface area contributed by atoms with Crippen molar-refractivity contribution >= 4 is 16.9 Å². The van der Waals surface area contributed by atoms with Gasteiger partial charge in [0.05, 0.1) is 6.42 Å². The van der Waals surface area contributed by atoms with Crippen molar-refractivity contribution in [3.05, 3.63) is 30.0 Å². The number of carbonyl (C=O) groups excluding carboxylic acids is 1. The number of hydrogen-bond donors (Lipinski definition) is 2. The van der Waals surface area contributed by atoms with Crippen molar-refractivity contribution < 1.29 is 14.4 Å². The van der Waals surface area contributed by atoms with Crippen LogP contribution in [0.15, 0.2) is 28.8 Å². The lowest BCUT2D eigenvalue weighted by Gasteiger charge is -2.23. The second-order valence-electron chi connectivity index (χ2n) is 5.72. The molecule has 20 heavy (non-hydrogen) atoms. The van der Waals surface area contributed by atoms with Crippen LogP contribution in [-0.4, -0.2) is 29.3 Å². The smallest absolute Gasteiger partial charge is 0.226 e. The molecule has 1 amide bonds. The number of nitrogens with one attached hydrogen (secondary N) is 1. The third-order valence-electron chi connectivity index (χ3n) is 3.33. The third kappa shape index (κ3) is 3.57. The van der Waals surface area contributed by atoms with E-state index in [4.69, 9.17) is 9.63 Å². The van der Waals surface area contributed by atoms with Crippen molar-refractivity contribution in [1.82, 2.24) is 10.5 Å². The zero-order valence-electron chi connectivity index (χ0n) is 11.8. The van der Waals surface area contributed by atoms with Crippen molar-refractivity contribution in [2.24, 2.45) is 5.41 Å². The highest BCUT2D eigenvalue weighted by Crippen LogP contribution is 2.19. The molecule has 1 aromatic heterocycles. The minimum atomic E-state index is -0.115. The number of carbonyl (C=O) groups is 1. The van der Waals surface area contributed by atoms with Gasteiger partial charge < -0.3 is 14.9 Å². The summed E-state index contributed by atoms with van der Waals surface area (Å²) >= 11 is 0. The molecule has 2 N–H and O–H groups in total. The number of rotatable bonds is 6. The first-order valence-corrected chi connectivity index (χ1v) is 6.73. The zero-order valence-corrected chi connectivity index (χ0v) is 11.8. The van der Waals surface area contributed by atoms with Gasteiger partial charge in [0.25, 0.3) is 0 Å². The molecular weight excluding hydrogens is 256 g/mol. The molecular formula is C15H20N2O3. The van der Waals surface area contributed by atoms with E-state index >= 15 is 0 Å². The second-order valence-corrected chi connectivity index (χ2v) is 5.72. The lowest BCUT2D eigenvalue weighted by Crippen LogP contribution is -2.35. The number of aromatic nitrogens is 1. The number of amides is 1. The summed E-state index contributed by atoms with van der Waals surface area (Å²) in [7, 11) is 0. The fourth-order valence-electron chi connectivity index (χ4n) is 2.01. The summed E-state index contributed by atoms with van der Waals surface area (Å²) in [6.07, 6.45) is 0.854. The Morgan fingerprint density at radius 3 is 2.90 bits per heavy atom. The number of fused-ring (bicyclic) bond motifs is 1. The number of benzene rings is 1. The first-order chi connectivity index (χ1) is 9.52. The van der Waals surface area contributed by atoms with E-state index in [0.717, 1.165) is 5.39 Å².